The number of rotatable bonds is 6. The van der Waals surface area contributed by atoms with Crippen LogP contribution in [0.15, 0.2) is 18.2 Å². The van der Waals surface area contributed by atoms with Gasteiger partial charge in [0.15, 0.2) is 0 Å². The quantitative estimate of drug-likeness (QED) is 0.846. The van der Waals surface area contributed by atoms with Crippen molar-refractivity contribution in [3.63, 3.8) is 0 Å². The van der Waals surface area contributed by atoms with Crippen molar-refractivity contribution < 1.29 is 9.90 Å². The van der Waals surface area contributed by atoms with Crippen LogP contribution in [0.2, 0.25) is 0 Å². The van der Waals surface area contributed by atoms with E-state index in [1.54, 1.807) is 4.90 Å². The average Bonchev–Trinajstić information content (AvgIpc) is 2.41. The fourth-order valence-corrected chi connectivity index (χ4v) is 2.23. The standard InChI is InChI=1S/C17H28N2O2/c1-17(2,3)14-8-6-7-13(16(14)21)9-10-15(20)19(5)12-11-18-4/h6-8,18,21H,9-12H2,1-5H3. The largest absolute Gasteiger partial charge is 0.507 e. The van der Waals surface area contributed by atoms with Crippen LogP contribution in [-0.2, 0) is 16.6 Å². The van der Waals surface area contributed by atoms with Crippen molar-refractivity contribution in [2.45, 2.75) is 39.0 Å². The molecular weight excluding hydrogens is 264 g/mol. The summed E-state index contributed by atoms with van der Waals surface area (Å²) in [7, 11) is 3.68. The third-order valence-electron chi connectivity index (χ3n) is 3.66. The number of aryl methyl sites for hydroxylation is 1. The van der Waals surface area contributed by atoms with Gasteiger partial charge in [0, 0.05) is 26.6 Å². The number of nitrogens with zero attached hydrogens (tertiary/aromatic N) is 1. The van der Waals surface area contributed by atoms with Crippen LogP contribution >= 0.6 is 0 Å². The highest BCUT2D eigenvalue weighted by molar-refractivity contribution is 5.76. The molecule has 0 spiro atoms. The number of phenolic OH excluding ortho intramolecular Hbond substituents is 1. The number of phenols is 1. The molecule has 0 heterocycles. The molecule has 0 radical (unpaired) electrons. The lowest BCUT2D eigenvalue weighted by Gasteiger charge is -2.22. The van der Waals surface area contributed by atoms with Crippen molar-refractivity contribution in [1.82, 2.24) is 10.2 Å². The summed E-state index contributed by atoms with van der Waals surface area (Å²) in [5.74, 6) is 0.432. The van der Waals surface area contributed by atoms with E-state index in [1.165, 1.54) is 0 Å². The van der Waals surface area contributed by atoms with E-state index in [0.29, 0.717) is 25.1 Å². The Morgan fingerprint density at radius 1 is 1.33 bits per heavy atom. The number of hydrogen-bond donors (Lipinski definition) is 2. The Balaban J connectivity index is 2.70. The summed E-state index contributed by atoms with van der Waals surface area (Å²) in [5, 5.41) is 13.4. The van der Waals surface area contributed by atoms with E-state index >= 15 is 0 Å². The average molecular weight is 292 g/mol. The minimum Gasteiger partial charge on any atom is -0.507 e. The molecule has 0 atom stereocenters. The van der Waals surface area contributed by atoms with E-state index in [1.807, 2.05) is 32.3 Å². The molecule has 1 aromatic carbocycles. The number of para-hydroxylation sites is 1. The minimum atomic E-state index is -0.103. The first kappa shape index (κ1) is 17.5. The minimum absolute atomic E-state index is 0.103. The third-order valence-corrected chi connectivity index (χ3v) is 3.66. The van der Waals surface area contributed by atoms with Crippen LogP contribution in [0.3, 0.4) is 0 Å². The second-order valence-corrected chi connectivity index (χ2v) is 6.48. The zero-order valence-electron chi connectivity index (χ0n) is 13.9. The molecule has 1 amide bonds. The van der Waals surface area contributed by atoms with Gasteiger partial charge in [0.05, 0.1) is 0 Å². The number of likely N-dealkylation sites (N-methyl/N-ethyl adjacent to an activating group) is 2. The first-order valence-corrected chi connectivity index (χ1v) is 7.47. The van der Waals surface area contributed by atoms with Crippen molar-refractivity contribution in [1.29, 1.82) is 0 Å². The monoisotopic (exact) mass is 292 g/mol. The van der Waals surface area contributed by atoms with Gasteiger partial charge in [0.2, 0.25) is 5.91 Å². The van der Waals surface area contributed by atoms with Gasteiger partial charge in [-0.1, -0.05) is 39.0 Å². The van der Waals surface area contributed by atoms with E-state index in [4.69, 9.17) is 0 Å². The van der Waals surface area contributed by atoms with Gasteiger partial charge in [-0.3, -0.25) is 4.79 Å². The maximum absolute atomic E-state index is 12.0. The molecule has 0 saturated carbocycles. The van der Waals surface area contributed by atoms with Crippen LogP contribution in [0, 0.1) is 0 Å². The molecule has 21 heavy (non-hydrogen) atoms. The molecule has 2 N–H and O–H groups in total. The maximum Gasteiger partial charge on any atom is 0.222 e. The van der Waals surface area contributed by atoms with Crippen LogP contribution in [0.5, 0.6) is 5.75 Å². The summed E-state index contributed by atoms with van der Waals surface area (Å²) < 4.78 is 0. The number of carbonyl (C=O) groups is 1. The first-order chi connectivity index (χ1) is 9.77. The van der Waals surface area contributed by atoms with Gasteiger partial charge in [-0.15, -0.1) is 0 Å². The molecule has 118 valence electrons. The molecule has 0 unspecified atom stereocenters. The fourth-order valence-electron chi connectivity index (χ4n) is 2.23. The Kier molecular flexibility index (Phi) is 6.21. The predicted octanol–water partition coefficient (Wildman–Crippen LogP) is 2.30. The molecule has 0 fully saturated rings. The number of hydrogen-bond acceptors (Lipinski definition) is 3. The summed E-state index contributed by atoms with van der Waals surface area (Å²) in [4.78, 5) is 13.8. The van der Waals surface area contributed by atoms with Gasteiger partial charge in [0.25, 0.3) is 0 Å². The van der Waals surface area contributed by atoms with E-state index in [2.05, 4.69) is 26.1 Å². The van der Waals surface area contributed by atoms with Gasteiger partial charge >= 0.3 is 0 Å². The summed E-state index contributed by atoms with van der Waals surface area (Å²) >= 11 is 0. The molecule has 0 aromatic heterocycles. The number of carbonyl (C=O) groups excluding carboxylic acids is 1. The van der Waals surface area contributed by atoms with Crippen LogP contribution < -0.4 is 5.32 Å². The lowest BCUT2D eigenvalue weighted by molar-refractivity contribution is -0.129. The number of benzene rings is 1. The van der Waals surface area contributed by atoms with Crippen LogP contribution in [0.25, 0.3) is 0 Å². The van der Waals surface area contributed by atoms with Crippen LogP contribution in [0.1, 0.15) is 38.3 Å². The van der Waals surface area contributed by atoms with Crippen LogP contribution in [0.4, 0.5) is 0 Å². The Morgan fingerprint density at radius 2 is 2.00 bits per heavy atom. The Morgan fingerprint density at radius 3 is 2.57 bits per heavy atom. The summed E-state index contributed by atoms with van der Waals surface area (Å²) in [6, 6.07) is 5.79. The molecule has 0 aliphatic carbocycles. The highest BCUT2D eigenvalue weighted by Gasteiger charge is 2.20. The van der Waals surface area contributed by atoms with Crippen LogP contribution in [-0.4, -0.2) is 43.1 Å². The lowest BCUT2D eigenvalue weighted by Crippen LogP contribution is -2.32. The molecule has 4 heteroatoms. The van der Waals surface area contributed by atoms with E-state index < -0.39 is 0 Å². The number of amides is 1. The smallest absolute Gasteiger partial charge is 0.222 e. The summed E-state index contributed by atoms with van der Waals surface area (Å²) in [5.41, 5.74) is 1.67. The summed E-state index contributed by atoms with van der Waals surface area (Å²) in [6.07, 6.45) is 0.986. The second kappa shape index (κ2) is 7.46. The highest BCUT2D eigenvalue weighted by atomic mass is 16.3. The number of nitrogens with one attached hydrogen (secondary N) is 1. The predicted molar refractivity (Wildman–Crippen MR) is 86.7 cm³/mol. The maximum atomic E-state index is 12.0. The van der Waals surface area contributed by atoms with Crippen molar-refractivity contribution in [3.8, 4) is 5.75 Å². The molecule has 0 saturated heterocycles. The molecule has 0 aliphatic rings. The zero-order valence-corrected chi connectivity index (χ0v) is 13.9. The van der Waals surface area contributed by atoms with Crippen molar-refractivity contribution >= 4 is 5.91 Å². The van der Waals surface area contributed by atoms with Gasteiger partial charge in [-0.2, -0.15) is 0 Å². The van der Waals surface area contributed by atoms with Crippen molar-refractivity contribution in [2.24, 2.45) is 0 Å². The molecule has 1 aromatic rings. The fraction of sp³-hybridized carbons (Fsp3) is 0.588. The SMILES string of the molecule is CNCCN(C)C(=O)CCc1cccc(C(C)(C)C)c1O. The lowest BCUT2D eigenvalue weighted by atomic mass is 9.85. The Bertz CT molecular complexity index is 478. The molecular formula is C17H28N2O2. The topological polar surface area (TPSA) is 52.6 Å². The summed E-state index contributed by atoms with van der Waals surface area (Å²) in [6.45, 7) is 7.70. The zero-order chi connectivity index (χ0) is 16.0. The highest BCUT2D eigenvalue weighted by Crippen LogP contribution is 2.33. The molecule has 0 bridgehead atoms. The van der Waals surface area contributed by atoms with Gasteiger partial charge in [0.1, 0.15) is 5.75 Å². The van der Waals surface area contributed by atoms with Gasteiger partial charge in [-0.25, -0.2) is 0 Å². The van der Waals surface area contributed by atoms with Crippen molar-refractivity contribution in [2.75, 3.05) is 27.2 Å². The number of aromatic hydroxyl groups is 1. The third kappa shape index (κ3) is 5.05. The second-order valence-electron chi connectivity index (χ2n) is 6.48. The molecule has 4 nitrogen and oxygen atoms in total. The van der Waals surface area contributed by atoms with E-state index in [-0.39, 0.29) is 11.3 Å². The molecule has 0 aliphatic heterocycles. The molecule has 1 rings (SSSR count). The first-order valence-electron chi connectivity index (χ1n) is 7.47. The van der Waals surface area contributed by atoms with Gasteiger partial charge in [-0.05, 0) is 30.0 Å². The van der Waals surface area contributed by atoms with Crippen molar-refractivity contribution in [3.05, 3.63) is 29.3 Å². The normalized spacial score (nSPS) is 11.5. The van der Waals surface area contributed by atoms with E-state index in [9.17, 15) is 9.90 Å². The van der Waals surface area contributed by atoms with E-state index in [0.717, 1.165) is 17.7 Å². The Hall–Kier alpha value is -1.55. The van der Waals surface area contributed by atoms with Gasteiger partial charge < -0.3 is 15.3 Å². The Labute approximate surface area is 128 Å².